The molecule has 0 unspecified atom stereocenters. The molecule has 0 bridgehead atoms. The van der Waals surface area contributed by atoms with Gasteiger partial charge in [0, 0.05) is 11.7 Å². The second kappa shape index (κ2) is 4.08. The Balaban J connectivity index is 2.41. The number of nitrogens with two attached hydrogens (primary N) is 1. The number of nitriles is 1. The highest BCUT2D eigenvalue weighted by Crippen LogP contribution is 2.53. The fraction of sp³-hybridized carbons (Fsp3) is 0.462. The maximum atomic E-state index is 12.0. The fourth-order valence-electron chi connectivity index (χ4n) is 2.42. The van der Waals surface area contributed by atoms with Crippen LogP contribution in [0.3, 0.4) is 0 Å². The molecule has 0 saturated heterocycles. The first-order valence-corrected chi connectivity index (χ1v) is 7.56. The van der Waals surface area contributed by atoms with E-state index in [9.17, 15) is 8.42 Å². The number of aryl methyl sites for hydroxylation is 1. The minimum atomic E-state index is -3.30. The van der Waals surface area contributed by atoms with Crippen molar-refractivity contribution in [2.75, 3.05) is 5.75 Å². The smallest absolute Gasteiger partial charge is 0.156 e. The summed E-state index contributed by atoms with van der Waals surface area (Å²) in [6, 6.07) is 9.48. The van der Waals surface area contributed by atoms with Crippen LogP contribution >= 0.6 is 0 Å². The molecule has 0 amide bonds. The zero-order valence-electron chi connectivity index (χ0n) is 10.4. The lowest BCUT2D eigenvalue weighted by Gasteiger charge is -2.01. The van der Waals surface area contributed by atoms with E-state index in [4.69, 9.17) is 11.0 Å². The molecule has 1 fully saturated rings. The molecular weight excluding hydrogens is 248 g/mol. The van der Waals surface area contributed by atoms with E-state index in [1.165, 1.54) is 0 Å². The van der Waals surface area contributed by atoms with Crippen molar-refractivity contribution >= 4 is 9.84 Å². The third kappa shape index (κ3) is 1.82. The number of hydrogen-bond acceptors (Lipinski definition) is 4. The van der Waals surface area contributed by atoms with Crippen LogP contribution in [0.25, 0.3) is 0 Å². The Labute approximate surface area is 107 Å². The highest BCUT2D eigenvalue weighted by molar-refractivity contribution is 7.92. The largest absolute Gasteiger partial charge is 0.312 e. The number of benzene rings is 1. The van der Waals surface area contributed by atoms with Crippen LogP contribution in [0.15, 0.2) is 24.3 Å². The number of sulfone groups is 1. The van der Waals surface area contributed by atoms with Crippen LogP contribution in [-0.4, -0.2) is 25.0 Å². The molecule has 5 heteroatoms. The zero-order valence-corrected chi connectivity index (χ0v) is 11.2. The average Bonchev–Trinajstić information content (AvgIpc) is 2.98. The van der Waals surface area contributed by atoms with Crippen molar-refractivity contribution < 1.29 is 8.42 Å². The van der Waals surface area contributed by atoms with Gasteiger partial charge in [0.25, 0.3) is 0 Å². The number of hydrogen-bond donors (Lipinski definition) is 1. The minimum Gasteiger partial charge on any atom is -0.312 e. The molecule has 2 rings (SSSR count). The molecule has 2 N–H and O–H groups in total. The summed E-state index contributed by atoms with van der Waals surface area (Å²) < 4.78 is 23.9. The van der Waals surface area contributed by atoms with Gasteiger partial charge in [-0.05, 0) is 12.5 Å². The molecule has 0 aromatic heterocycles. The zero-order chi connectivity index (χ0) is 13.6. The van der Waals surface area contributed by atoms with Crippen molar-refractivity contribution in [2.45, 2.75) is 30.6 Å². The first-order valence-electron chi connectivity index (χ1n) is 5.85. The number of nitrogens with zero attached hydrogens (tertiary/aromatic N) is 1. The van der Waals surface area contributed by atoms with Crippen LogP contribution in [0.1, 0.15) is 24.0 Å². The van der Waals surface area contributed by atoms with Crippen LogP contribution < -0.4 is 5.73 Å². The van der Waals surface area contributed by atoms with Gasteiger partial charge in [-0.15, -0.1) is 0 Å². The molecule has 1 saturated carbocycles. The van der Waals surface area contributed by atoms with Crippen molar-refractivity contribution in [2.24, 2.45) is 5.73 Å². The van der Waals surface area contributed by atoms with Gasteiger partial charge < -0.3 is 5.73 Å². The minimum absolute atomic E-state index is 0.0145. The van der Waals surface area contributed by atoms with E-state index in [2.05, 4.69) is 0 Å². The summed E-state index contributed by atoms with van der Waals surface area (Å²) in [5.41, 5.74) is 6.57. The summed E-state index contributed by atoms with van der Waals surface area (Å²) in [6.07, 6.45) is 0. The van der Waals surface area contributed by atoms with Crippen LogP contribution in [-0.2, 0) is 9.84 Å². The van der Waals surface area contributed by atoms with E-state index in [1.54, 1.807) is 6.92 Å². The van der Waals surface area contributed by atoms with Gasteiger partial charge in [0.2, 0.25) is 0 Å². The van der Waals surface area contributed by atoms with Gasteiger partial charge in [-0.1, -0.05) is 36.8 Å². The second-order valence-corrected chi connectivity index (χ2v) is 7.22. The topological polar surface area (TPSA) is 83.9 Å². The van der Waals surface area contributed by atoms with Crippen molar-refractivity contribution in [3.05, 3.63) is 35.4 Å². The molecular formula is C13H16N2O2S. The SMILES string of the molecule is CCS(=O)(=O)[C@@H]1[C@@H](c2ccc(C)cc2)[C@]1(N)C#N. The maximum Gasteiger partial charge on any atom is 0.156 e. The molecule has 18 heavy (non-hydrogen) atoms. The van der Waals surface area contributed by atoms with Crippen molar-refractivity contribution in [1.82, 2.24) is 0 Å². The lowest BCUT2D eigenvalue weighted by Crippen LogP contribution is -2.29. The fourth-order valence-corrected chi connectivity index (χ4v) is 4.29. The Kier molecular flexibility index (Phi) is 2.96. The Morgan fingerprint density at radius 2 is 1.94 bits per heavy atom. The molecule has 0 spiro atoms. The van der Waals surface area contributed by atoms with Crippen LogP contribution in [0.4, 0.5) is 0 Å². The van der Waals surface area contributed by atoms with Crippen molar-refractivity contribution in [1.29, 1.82) is 5.26 Å². The Hall–Kier alpha value is -1.38. The summed E-state index contributed by atoms with van der Waals surface area (Å²) in [5, 5.41) is 8.37. The van der Waals surface area contributed by atoms with Crippen molar-refractivity contribution in [3.8, 4) is 6.07 Å². The van der Waals surface area contributed by atoms with Gasteiger partial charge in [-0.2, -0.15) is 5.26 Å². The molecule has 1 aromatic rings. The van der Waals surface area contributed by atoms with Gasteiger partial charge in [0.1, 0.15) is 10.8 Å². The highest BCUT2D eigenvalue weighted by atomic mass is 32.2. The third-order valence-electron chi connectivity index (χ3n) is 3.60. The van der Waals surface area contributed by atoms with Gasteiger partial charge >= 0.3 is 0 Å². The van der Waals surface area contributed by atoms with E-state index in [-0.39, 0.29) is 5.75 Å². The third-order valence-corrected chi connectivity index (χ3v) is 5.84. The van der Waals surface area contributed by atoms with E-state index >= 15 is 0 Å². The average molecular weight is 264 g/mol. The van der Waals surface area contributed by atoms with Crippen LogP contribution in [0, 0.1) is 18.3 Å². The first-order chi connectivity index (χ1) is 8.36. The molecule has 0 radical (unpaired) electrons. The first kappa shape index (κ1) is 13.1. The predicted octanol–water partition coefficient (Wildman–Crippen LogP) is 1.12. The lowest BCUT2D eigenvalue weighted by molar-refractivity contribution is 0.593. The molecule has 3 atom stereocenters. The van der Waals surface area contributed by atoms with Gasteiger partial charge in [-0.3, -0.25) is 0 Å². The highest BCUT2D eigenvalue weighted by Gasteiger charge is 2.69. The summed E-state index contributed by atoms with van der Waals surface area (Å²) in [4.78, 5) is 0. The van der Waals surface area contributed by atoms with Gasteiger partial charge in [0.15, 0.2) is 9.84 Å². The monoisotopic (exact) mass is 264 g/mol. The molecule has 96 valence electrons. The van der Waals surface area contributed by atoms with Gasteiger partial charge in [0.05, 0.1) is 6.07 Å². The Morgan fingerprint density at radius 3 is 2.39 bits per heavy atom. The molecule has 4 nitrogen and oxygen atoms in total. The molecule has 0 aliphatic heterocycles. The molecule has 1 aliphatic carbocycles. The summed E-state index contributed by atoms with van der Waals surface area (Å²) in [7, 11) is -3.30. The standard InChI is InChI=1S/C13H16N2O2S/c1-3-18(16,17)12-11(13(12,15)8-14)10-6-4-9(2)5-7-10/h4-7,11-12H,3,15H2,1-2H3/t11-,12-,13-/m1/s1. The number of rotatable bonds is 3. The maximum absolute atomic E-state index is 12.0. The quantitative estimate of drug-likeness (QED) is 0.886. The summed E-state index contributed by atoms with van der Waals surface area (Å²) >= 11 is 0. The predicted molar refractivity (Wildman–Crippen MR) is 69.7 cm³/mol. The van der Waals surface area contributed by atoms with E-state index in [1.807, 2.05) is 37.3 Å². The van der Waals surface area contributed by atoms with E-state index < -0.39 is 26.5 Å². The van der Waals surface area contributed by atoms with Crippen LogP contribution in [0.5, 0.6) is 0 Å². The second-order valence-electron chi connectivity index (χ2n) is 4.81. The normalized spacial score (nSPS) is 30.8. The molecule has 1 aliphatic rings. The van der Waals surface area contributed by atoms with Crippen LogP contribution in [0.2, 0.25) is 0 Å². The summed E-state index contributed by atoms with van der Waals surface area (Å²) in [5.74, 6) is -0.395. The van der Waals surface area contributed by atoms with E-state index in [0.29, 0.717) is 0 Å². The van der Waals surface area contributed by atoms with Gasteiger partial charge in [-0.25, -0.2) is 8.42 Å². The molecule has 1 aromatic carbocycles. The van der Waals surface area contributed by atoms with E-state index in [0.717, 1.165) is 11.1 Å². The lowest BCUT2D eigenvalue weighted by atomic mass is 10.1. The van der Waals surface area contributed by atoms with Crippen molar-refractivity contribution in [3.63, 3.8) is 0 Å². The Bertz CT molecular complexity index is 601. The Morgan fingerprint density at radius 1 is 1.39 bits per heavy atom. The summed E-state index contributed by atoms with van der Waals surface area (Å²) in [6.45, 7) is 3.54. The molecule has 0 heterocycles.